The van der Waals surface area contributed by atoms with Crippen molar-refractivity contribution in [2.24, 2.45) is 0 Å². The van der Waals surface area contributed by atoms with E-state index in [9.17, 15) is 18.7 Å². The molecule has 40 heavy (non-hydrogen) atoms. The lowest BCUT2D eigenvalue weighted by molar-refractivity contribution is -0.138. The number of hydrogen-bond donors (Lipinski definition) is 3. The first-order valence-corrected chi connectivity index (χ1v) is 13.8. The molecule has 9 nitrogen and oxygen atoms in total. The molecule has 0 radical (unpaired) electrons. The van der Waals surface area contributed by atoms with E-state index in [1.807, 2.05) is 4.90 Å². The van der Waals surface area contributed by atoms with Crippen molar-refractivity contribution in [2.45, 2.75) is 57.6 Å². The fourth-order valence-electron chi connectivity index (χ4n) is 4.98. The summed E-state index contributed by atoms with van der Waals surface area (Å²) in [6.07, 6.45) is 4.42. The Morgan fingerprint density at radius 3 is 2.83 bits per heavy atom. The molecular weight excluding hydrogens is 518 g/mol. The van der Waals surface area contributed by atoms with Gasteiger partial charge in [0.25, 0.3) is 0 Å². The minimum atomic E-state index is -1.03. The van der Waals surface area contributed by atoms with Crippen LogP contribution in [0.2, 0.25) is 0 Å². The van der Waals surface area contributed by atoms with Gasteiger partial charge in [0.15, 0.2) is 0 Å². The molecule has 0 amide bonds. The van der Waals surface area contributed by atoms with Crippen molar-refractivity contribution in [2.75, 3.05) is 50.6 Å². The summed E-state index contributed by atoms with van der Waals surface area (Å²) in [7, 11) is 1.48. The van der Waals surface area contributed by atoms with Gasteiger partial charge in [0.05, 0.1) is 11.6 Å². The van der Waals surface area contributed by atoms with Gasteiger partial charge in [-0.1, -0.05) is 6.07 Å². The normalized spacial score (nSPS) is 14.5. The number of unbranched alkanes of at least 4 members (excludes halogenated alkanes) is 1. The number of nitrogens with one attached hydrogen (secondary N) is 2. The van der Waals surface area contributed by atoms with Crippen LogP contribution in [0.4, 0.5) is 20.4 Å². The lowest BCUT2D eigenvalue weighted by Crippen LogP contribution is -2.40. The Labute approximate surface area is 233 Å². The molecule has 1 aromatic carbocycles. The van der Waals surface area contributed by atoms with Crippen molar-refractivity contribution in [1.82, 2.24) is 19.9 Å². The van der Waals surface area contributed by atoms with Crippen LogP contribution in [0, 0.1) is 12.7 Å². The smallest absolute Gasteiger partial charge is 0.326 e. The standard InChI is InChI=1S/C29H38F2N6O3/c1-19-33-26-16-21(31)9-11-24(26)28(34-19)36-25(29(38)39)12-15-37(18-23(17-30)40-2)14-4-3-7-22-10-8-20-6-5-13-32-27(20)35-22/h8-11,16,23,25H,3-7,12-15,17-18H2,1-2H3,(H,32,35)(H,38,39)(H,33,34,36). The number of methoxy groups -OCH3 is 1. The van der Waals surface area contributed by atoms with Crippen molar-refractivity contribution in [3.05, 3.63) is 53.2 Å². The van der Waals surface area contributed by atoms with Crippen LogP contribution in [-0.2, 0) is 22.4 Å². The Balaban J connectivity index is 1.37. The number of rotatable bonds is 15. The zero-order valence-corrected chi connectivity index (χ0v) is 23.1. The number of fused-ring (bicyclic) bond motifs is 2. The van der Waals surface area contributed by atoms with Crippen LogP contribution in [0.5, 0.6) is 0 Å². The van der Waals surface area contributed by atoms with Crippen LogP contribution in [-0.4, -0.2) is 83.0 Å². The molecule has 0 aliphatic carbocycles. The first-order chi connectivity index (χ1) is 19.4. The summed E-state index contributed by atoms with van der Waals surface area (Å²) in [6, 6.07) is 7.41. The molecule has 3 aromatic rings. The van der Waals surface area contributed by atoms with Crippen LogP contribution in [0.3, 0.4) is 0 Å². The monoisotopic (exact) mass is 556 g/mol. The summed E-state index contributed by atoms with van der Waals surface area (Å²) in [4.78, 5) is 27.6. The molecule has 0 fully saturated rings. The number of benzene rings is 1. The van der Waals surface area contributed by atoms with Crippen LogP contribution in [0.15, 0.2) is 30.3 Å². The molecular formula is C29H38F2N6O3. The molecule has 1 aliphatic rings. The Hall–Kier alpha value is -3.44. The number of aryl methyl sites for hydroxylation is 3. The van der Waals surface area contributed by atoms with Crippen molar-refractivity contribution in [3.8, 4) is 0 Å². The highest BCUT2D eigenvalue weighted by atomic mass is 19.1. The number of pyridine rings is 1. The first kappa shape index (κ1) is 29.5. The number of halogens is 2. The number of aromatic nitrogens is 3. The number of carboxylic acids is 1. The molecule has 2 unspecified atom stereocenters. The van der Waals surface area contributed by atoms with Gasteiger partial charge in [0, 0.05) is 43.9 Å². The zero-order valence-electron chi connectivity index (χ0n) is 23.1. The number of carboxylic acid groups (broad SMARTS) is 1. The van der Waals surface area contributed by atoms with Gasteiger partial charge >= 0.3 is 5.97 Å². The maximum atomic E-state index is 13.7. The number of carbonyl (C=O) groups is 1. The Kier molecular flexibility index (Phi) is 10.5. The van der Waals surface area contributed by atoms with Crippen LogP contribution in [0.25, 0.3) is 10.9 Å². The highest BCUT2D eigenvalue weighted by Gasteiger charge is 2.22. The lowest BCUT2D eigenvalue weighted by Gasteiger charge is -2.27. The molecule has 1 aliphatic heterocycles. The largest absolute Gasteiger partial charge is 0.480 e. The number of aliphatic carboxylic acids is 1. The number of ether oxygens (including phenoxy) is 1. The number of alkyl halides is 1. The van der Waals surface area contributed by atoms with Crippen LogP contribution >= 0.6 is 0 Å². The topological polar surface area (TPSA) is 113 Å². The second kappa shape index (κ2) is 14.3. The summed E-state index contributed by atoms with van der Waals surface area (Å²) in [5.41, 5.74) is 2.70. The third-order valence-electron chi connectivity index (χ3n) is 7.19. The summed E-state index contributed by atoms with van der Waals surface area (Å²) >= 11 is 0. The average molecular weight is 557 g/mol. The first-order valence-electron chi connectivity index (χ1n) is 13.8. The fourth-order valence-corrected chi connectivity index (χ4v) is 4.98. The second-order valence-electron chi connectivity index (χ2n) is 10.2. The lowest BCUT2D eigenvalue weighted by atomic mass is 10.1. The molecule has 0 spiro atoms. The quantitative estimate of drug-likeness (QED) is 0.235. The maximum absolute atomic E-state index is 13.7. The molecule has 216 valence electrons. The number of nitrogens with zero attached hydrogens (tertiary/aromatic N) is 4. The number of hydrogen-bond acceptors (Lipinski definition) is 8. The Morgan fingerprint density at radius 1 is 1.20 bits per heavy atom. The highest BCUT2D eigenvalue weighted by molar-refractivity contribution is 5.91. The van der Waals surface area contributed by atoms with Gasteiger partial charge in [0.1, 0.15) is 36.0 Å². The van der Waals surface area contributed by atoms with Crippen molar-refractivity contribution in [1.29, 1.82) is 0 Å². The van der Waals surface area contributed by atoms with E-state index in [1.54, 1.807) is 6.92 Å². The van der Waals surface area contributed by atoms with E-state index in [2.05, 4.69) is 32.7 Å². The molecule has 0 saturated heterocycles. The van der Waals surface area contributed by atoms with Gasteiger partial charge in [-0.2, -0.15) is 0 Å². The molecule has 3 N–H and O–H groups in total. The van der Waals surface area contributed by atoms with Crippen molar-refractivity contribution < 1.29 is 23.4 Å². The van der Waals surface area contributed by atoms with Crippen LogP contribution < -0.4 is 10.6 Å². The summed E-state index contributed by atoms with van der Waals surface area (Å²) in [6.45, 7) is 3.44. The molecule has 4 rings (SSSR count). The van der Waals surface area contributed by atoms with Crippen LogP contribution in [0.1, 0.15) is 42.8 Å². The summed E-state index contributed by atoms with van der Waals surface area (Å²) < 4.78 is 32.5. The summed E-state index contributed by atoms with van der Waals surface area (Å²) in [5, 5.41) is 16.9. The van der Waals surface area contributed by atoms with E-state index in [-0.39, 0.29) is 6.42 Å². The maximum Gasteiger partial charge on any atom is 0.326 e. The number of anilines is 2. The predicted molar refractivity (Wildman–Crippen MR) is 151 cm³/mol. The minimum Gasteiger partial charge on any atom is -0.480 e. The van der Waals surface area contributed by atoms with Gasteiger partial charge in [-0.25, -0.2) is 28.5 Å². The average Bonchev–Trinajstić information content (AvgIpc) is 2.94. The molecule has 11 heteroatoms. The Morgan fingerprint density at radius 2 is 2.05 bits per heavy atom. The van der Waals surface area contributed by atoms with Gasteiger partial charge < -0.3 is 25.4 Å². The molecule has 0 saturated carbocycles. The third kappa shape index (κ3) is 8.04. The zero-order chi connectivity index (χ0) is 28.5. The predicted octanol–water partition coefficient (Wildman–Crippen LogP) is 4.40. The molecule has 3 heterocycles. The molecule has 0 bridgehead atoms. The molecule has 2 atom stereocenters. The summed E-state index contributed by atoms with van der Waals surface area (Å²) in [5.74, 6) is 0.266. The van der Waals surface area contributed by atoms with Gasteiger partial charge in [-0.3, -0.25) is 0 Å². The van der Waals surface area contributed by atoms with Gasteiger partial charge in [-0.05, 0) is 75.8 Å². The van der Waals surface area contributed by atoms with Gasteiger partial charge in [0.2, 0.25) is 0 Å². The van der Waals surface area contributed by atoms with E-state index < -0.39 is 30.6 Å². The van der Waals surface area contributed by atoms with Gasteiger partial charge in [-0.15, -0.1) is 0 Å². The molecule has 2 aromatic heterocycles. The van der Waals surface area contributed by atoms with Crippen molar-refractivity contribution >= 4 is 28.5 Å². The highest BCUT2D eigenvalue weighted by Crippen LogP contribution is 2.23. The Bertz CT molecular complexity index is 1280. The minimum absolute atomic E-state index is 0.252. The van der Waals surface area contributed by atoms with E-state index in [0.29, 0.717) is 42.2 Å². The van der Waals surface area contributed by atoms with Crippen molar-refractivity contribution in [3.63, 3.8) is 0 Å². The van der Waals surface area contributed by atoms with E-state index in [1.165, 1.54) is 30.9 Å². The van der Waals surface area contributed by atoms with E-state index in [0.717, 1.165) is 50.2 Å². The van der Waals surface area contributed by atoms with E-state index >= 15 is 0 Å². The SMILES string of the molecule is COC(CF)CN(CCCCc1ccc2c(n1)NCCC2)CCC(Nc1nc(C)nc2cc(F)ccc12)C(=O)O. The second-order valence-corrected chi connectivity index (χ2v) is 10.2. The fraction of sp³-hybridized carbons (Fsp3) is 0.517. The van der Waals surface area contributed by atoms with E-state index in [4.69, 9.17) is 9.72 Å². The third-order valence-corrected chi connectivity index (χ3v) is 7.19.